The second-order valence-corrected chi connectivity index (χ2v) is 2.48. The minimum atomic E-state index is -0.831. The van der Waals surface area contributed by atoms with Gasteiger partial charge in [0.05, 0.1) is 12.7 Å². The van der Waals surface area contributed by atoms with Gasteiger partial charge in [-0.3, -0.25) is 4.79 Å². The summed E-state index contributed by atoms with van der Waals surface area (Å²) in [6.07, 6.45) is 3.57. The first-order chi connectivity index (χ1) is 5.66. The van der Waals surface area contributed by atoms with Crippen LogP contribution in [0.2, 0.25) is 0 Å². The van der Waals surface area contributed by atoms with Crippen molar-refractivity contribution in [3.8, 4) is 0 Å². The van der Waals surface area contributed by atoms with Crippen LogP contribution in [0, 0.1) is 0 Å². The van der Waals surface area contributed by atoms with Gasteiger partial charge in [0.15, 0.2) is 0 Å². The van der Waals surface area contributed by atoms with Gasteiger partial charge < -0.3 is 15.3 Å². The predicted molar refractivity (Wildman–Crippen MR) is 43.7 cm³/mol. The van der Waals surface area contributed by atoms with Crippen molar-refractivity contribution in [2.45, 2.75) is 25.4 Å². The lowest BCUT2D eigenvalue weighted by Gasteiger charge is -2.00. The molecule has 0 amide bonds. The lowest BCUT2D eigenvalue weighted by molar-refractivity contribution is -0.136. The monoisotopic (exact) mass is 174 g/mol. The number of allylic oxidation sites excluding steroid dienone is 1. The normalized spacial score (nSPS) is 13.5. The summed E-state index contributed by atoms with van der Waals surface area (Å²) in [5, 5.41) is 25.5. The van der Waals surface area contributed by atoms with E-state index >= 15 is 0 Å². The van der Waals surface area contributed by atoms with Gasteiger partial charge >= 0.3 is 5.97 Å². The molecule has 0 aliphatic carbocycles. The zero-order valence-electron chi connectivity index (χ0n) is 6.81. The van der Waals surface area contributed by atoms with Crippen LogP contribution in [0.5, 0.6) is 0 Å². The van der Waals surface area contributed by atoms with Crippen molar-refractivity contribution in [2.75, 3.05) is 6.61 Å². The van der Waals surface area contributed by atoms with Gasteiger partial charge in [-0.05, 0) is 12.8 Å². The molecular formula is C8H14O4. The maximum Gasteiger partial charge on any atom is 0.303 e. The zero-order chi connectivity index (χ0) is 9.40. The molecule has 0 heterocycles. The van der Waals surface area contributed by atoms with E-state index in [4.69, 9.17) is 15.3 Å². The van der Waals surface area contributed by atoms with Crippen LogP contribution in [-0.4, -0.2) is 34.0 Å². The van der Waals surface area contributed by atoms with Gasteiger partial charge in [0.2, 0.25) is 0 Å². The minimum absolute atomic E-state index is 0.103. The lowest BCUT2D eigenvalue weighted by atomic mass is 10.2. The summed E-state index contributed by atoms with van der Waals surface area (Å²) in [5.41, 5.74) is 0. The van der Waals surface area contributed by atoms with E-state index in [1.165, 1.54) is 0 Å². The highest BCUT2D eigenvalue weighted by atomic mass is 16.4. The highest BCUT2D eigenvalue weighted by Gasteiger charge is 1.96. The quantitative estimate of drug-likeness (QED) is 0.501. The van der Waals surface area contributed by atoms with E-state index in [0.29, 0.717) is 12.8 Å². The summed E-state index contributed by atoms with van der Waals surface area (Å²) in [4.78, 5) is 10.0. The van der Waals surface area contributed by atoms with Crippen LogP contribution in [0.1, 0.15) is 19.3 Å². The van der Waals surface area contributed by atoms with Gasteiger partial charge in [0, 0.05) is 6.42 Å². The predicted octanol–water partition coefficient (Wildman–Crippen LogP) is 0.151. The Labute approximate surface area is 71.1 Å². The Balaban J connectivity index is 3.31. The molecule has 0 spiro atoms. The fourth-order valence-corrected chi connectivity index (χ4v) is 0.653. The Morgan fingerprint density at radius 3 is 2.58 bits per heavy atom. The molecule has 0 rings (SSSR count). The molecule has 0 aromatic rings. The fourth-order valence-electron chi connectivity index (χ4n) is 0.653. The van der Waals surface area contributed by atoms with Crippen molar-refractivity contribution in [1.29, 1.82) is 0 Å². The molecular weight excluding hydrogens is 160 g/mol. The first-order valence-electron chi connectivity index (χ1n) is 3.82. The number of rotatable bonds is 6. The summed E-state index contributed by atoms with van der Waals surface area (Å²) >= 11 is 0. The molecule has 0 aromatic heterocycles. The maximum atomic E-state index is 10.0. The average Bonchev–Trinajstić information content (AvgIpc) is 2.03. The topological polar surface area (TPSA) is 77.8 Å². The number of carboxylic acid groups (broad SMARTS) is 1. The molecule has 1 atom stereocenters. The first kappa shape index (κ1) is 11.1. The van der Waals surface area contributed by atoms with Gasteiger partial charge in [-0.2, -0.15) is 0 Å². The summed E-state index contributed by atoms with van der Waals surface area (Å²) < 4.78 is 0. The van der Waals surface area contributed by atoms with E-state index in [-0.39, 0.29) is 13.0 Å². The second-order valence-electron chi connectivity index (χ2n) is 2.48. The molecule has 3 N–H and O–H groups in total. The molecule has 0 saturated heterocycles. The van der Waals surface area contributed by atoms with Crippen LogP contribution in [-0.2, 0) is 4.79 Å². The Morgan fingerprint density at radius 2 is 2.08 bits per heavy atom. The largest absolute Gasteiger partial charge is 0.481 e. The Hall–Kier alpha value is -0.870. The van der Waals surface area contributed by atoms with Gasteiger partial charge in [0.1, 0.15) is 0 Å². The van der Waals surface area contributed by atoms with E-state index in [9.17, 15) is 4.79 Å². The third kappa shape index (κ3) is 7.24. The van der Waals surface area contributed by atoms with Crippen molar-refractivity contribution >= 4 is 5.97 Å². The summed E-state index contributed by atoms with van der Waals surface area (Å²) in [7, 11) is 0. The van der Waals surface area contributed by atoms with Gasteiger partial charge in [-0.15, -0.1) is 0 Å². The average molecular weight is 174 g/mol. The molecule has 4 nitrogen and oxygen atoms in total. The fraction of sp³-hybridized carbons (Fsp3) is 0.625. The molecule has 4 heteroatoms. The number of aliphatic carboxylic acids is 1. The van der Waals surface area contributed by atoms with Crippen molar-refractivity contribution < 1.29 is 20.1 Å². The highest BCUT2D eigenvalue weighted by Crippen LogP contribution is 1.95. The molecule has 0 unspecified atom stereocenters. The molecule has 0 aromatic carbocycles. The van der Waals surface area contributed by atoms with Gasteiger partial charge in [-0.25, -0.2) is 0 Å². The van der Waals surface area contributed by atoms with Gasteiger partial charge in [0.25, 0.3) is 0 Å². The van der Waals surface area contributed by atoms with Crippen LogP contribution in [0.15, 0.2) is 12.2 Å². The van der Waals surface area contributed by atoms with Crippen LogP contribution in [0.4, 0.5) is 0 Å². The second kappa shape index (κ2) is 6.82. The first-order valence-corrected chi connectivity index (χ1v) is 3.82. The molecule has 12 heavy (non-hydrogen) atoms. The van der Waals surface area contributed by atoms with Crippen molar-refractivity contribution in [2.24, 2.45) is 0 Å². The number of hydrogen-bond acceptors (Lipinski definition) is 3. The number of aliphatic hydroxyl groups excluding tert-OH is 2. The number of hydrogen-bond donors (Lipinski definition) is 3. The molecule has 0 aliphatic rings. The Kier molecular flexibility index (Phi) is 6.32. The Morgan fingerprint density at radius 1 is 1.42 bits per heavy atom. The molecule has 0 aliphatic heterocycles. The van der Waals surface area contributed by atoms with E-state index in [1.54, 1.807) is 12.2 Å². The maximum absolute atomic E-state index is 10.0. The third-order valence-electron chi connectivity index (χ3n) is 1.31. The van der Waals surface area contributed by atoms with Crippen LogP contribution < -0.4 is 0 Å². The molecule has 70 valence electrons. The molecule has 0 radical (unpaired) electrons. The van der Waals surface area contributed by atoms with Crippen LogP contribution in [0.3, 0.4) is 0 Å². The number of carboxylic acids is 1. The third-order valence-corrected chi connectivity index (χ3v) is 1.31. The SMILES string of the molecule is O=C(O)CC/C=C\C[C@H](O)CO. The lowest BCUT2D eigenvalue weighted by Crippen LogP contribution is -2.09. The van der Waals surface area contributed by atoms with Crippen LogP contribution >= 0.6 is 0 Å². The smallest absolute Gasteiger partial charge is 0.303 e. The summed E-state index contributed by atoms with van der Waals surface area (Å²) in [6, 6.07) is 0. The molecule has 0 fully saturated rings. The zero-order valence-corrected chi connectivity index (χ0v) is 6.81. The summed E-state index contributed by atoms with van der Waals surface area (Å²) in [6.45, 7) is -0.261. The van der Waals surface area contributed by atoms with Crippen LogP contribution in [0.25, 0.3) is 0 Å². The van der Waals surface area contributed by atoms with Gasteiger partial charge in [-0.1, -0.05) is 12.2 Å². The Bertz CT molecular complexity index is 153. The number of carbonyl (C=O) groups is 1. The van der Waals surface area contributed by atoms with E-state index in [2.05, 4.69) is 0 Å². The van der Waals surface area contributed by atoms with E-state index < -0.39 is 12.1 Å². The highest BCUT2D eigenvalue weighted by molar-refractivity contribution is 5.66. The van der Waals surface area contributed by atoms with Crippen molar-refractivity contribution in [3.05, 3.63) is 12.2 Å². The summed E-state index contributed by atoms with van der Waals surface area (Å²) in [5.74, 6) is -0.831. The standard InChI is InChI=1S/C8H14O4/c9-6-7(10)4-2-1-3-5-8(11)12/h1-2,7,9-10H,3-6H2,(H,11,12)/b2-1-/t7-/m0/s1. The number of aliphatic hydroxyl groups is 2. The van der Waals surface area contributed by atoms with E-state index in [1.807, 2.05) is 0 Å². The minimum Gasteiger partial charge on any atom is -0.481 e. The molecule has 0 saturated carbocycles. The van der Waals surface area contributed by atoms with Crippen molar-refractivity contribution in [1.82, 2.24) is 0 Å². The van der Waals surface area contributed by atoms with E-state index in [0.717, 1.165) is 0 Å². The van der Waals surface area contributed by atoms with Crippen molar-refractivity contribution in [3.63, 3.8) is 0 Å². The molecule has 0 bridgehead atoms.